The molecule has 0 radical (unpaired) electrons. The summed E-state index contributed by atoms with van der Waals surface area (Å²) in [4.78, 5) is 15.7. The Morgan fingerprint density at radius 3 is 2.71 bits per heavy atom. The number of hydrogen-bond donors (Lipinski definition) is 1. The standard InChI is InChI=1S/C22H21N3O3/c1-15(17-6-8-18(9-7-17)27-19-4-3-11-23-14-19)24-13-16-5-10-20-21(12-16)28-22(26)25(20)2/h3-12,14-15,24H,13H2,1-2H3. The van der Waals surface area contributed by atoms with Gasteiger partial charge in [0, 0.05) is 25.8 Å². The molecule has 2 aromatic heterocycles. The predicted octanol–water partition coefficient (Wildman–Crippen LogP) is 4.17. The van der Waals surface area contributed by atoms with E-state index < -0.39 is 0 Å². The van der Waals surface area contributed by atoms with E-state index in [0.717, 1.165) is 22.4 Å². The van der Waals surface area contributed by atoms with Crippen LogP contribution in [-0.4, -0.2) is 9.55 Å². The molecule has 6 nitrogen and oxygen atoms in total. The van der Waals surface area contributed by atoms with Crippen molar-refractivity contribution in [1.82, 2.24) is 14.9 Å². The van der Waals surface area contributed by atoms with Crippen LogP contribution in [0.15, 0.2) is 76.2 Å². The van der Waals surface area contributed by atoms with Crippen molar-refractivity contribution < 1.29 is 9.15 Å². The van der Waals surface area contributed by atoms with Crippen molar-refractivity contribution in [3.63, 3.8) is 0 Å². The molecule has 0 aliphatic rings. The van der Waals surface area contributed by atoms with Crippen molar-refractivity contribution in [2.24, 2.45) is 7.05 Å². The Labute approximate surface area is 162 Å². The van der Waals surface area contributed by atoms with Gasteiger partial charge in [-0.15, -0.1) is 0 Å². The maximum atomic E-state index is 11.6. The fraction of sp³-hybridized carbons (Fsp3) is 0.182. The first kappa shape index (κ1) is 18.0. The molecule has 0 fully saturated rings. The third-order valence-corrected chi connectivity index (χ3v) is 4.72. The summed E-state index contributed by atoms with van der Waals surface area (Å²) in [5, 5.41) is 3.49. The van der Waals surface area contributed by atoms with E-state index in [1.54, 1.807) is 19.4 Å². The minimum absolute atomic E-state index is 0.158. The summed E-state index contributed by atoms with van der Waals surface area (Å²) in [6.45, 7) is 2.78. The molecule has 6 heteroatoms. The molecule has 0 aliphatic carbocycles. The lowest BCUT2D eigenvalue weighted by atomic mass is 10.1. The molecule has 0 bridgehead atoms. The smallest absolute Gasteiger partial charge is 0.419 e. The highest BCUT2D eigenvalue weighted by Crippen LogP contribution is 2.23. The van der Waals surface area contributed by atoms with Gasteiger partial charge in [-0.3, -0.25) is 9.55 Å². The number of fused-ring (bicyclic) bond motifs is 1. The number of rotatable bonds is 6. The lowest BCUT2D eigenvalue weighted by Gasteiger charge is -2.15. The number of nitrogens with one attached hydrogen (secondary N) is 1. The van der Waals surface area contributed by atoms with E-state index in [-0.39, 0.29) is 11.8 Å². The first-order valence-corrected chi connectivity index (χ1v) is 9.10. The van der Waals surface area contributed by atoms with Crippen LogP contribution in [0.5, 0.6) is 11.5 Å². The van der Waals surface area contributed by atoms with Crippen molar-refractivity contribution in [2.75, 3.05) is 0 Å². The number of oxazole rings is 1. The molecule has 4 aromatic rings. The molecule has 0 spiro atoms. The summed E-state index contributed by atoms with van der Waals surface area (Å²) in [5.74, 6) is 1.14. The van der Waals surface area contributed by atoms with E-state index in [2.05, 4.69) is 17.2 Å². The maximum Gasteiger partial charge on any atom is 0.419 e. The second-order valence-corrected chi connectivity index (χ2v) is 6.69. The monoisotopic (exact) mass is 375 g/mol. The van der Waals surface area contributed by atoms with Crippen molar-refractivity contribution in [2.45, 2.75) is 19.5 Å². The molecular weight excluding hydrogens is 354 g/mol. The van der Waals surface area contributed by atoms with E-state index >= 15 is 0 Å². The lowest BCUT2D eigenvalue weighted by molar-refractivity contribution is 0.479. The Morgan fingerprint density at radius 2 is 1.96 bits per heavy atom. The first-order chi connectivity index (χ1) is 13.6. The molecule has 0 saturated heterocycles. The molecule has 0 amide bonds. The number of aryl methyl sites for hydroxylation is 1. The van der Waals surface area contributed by atoms with Crippen molar-refractivity contribution in [3.05, 3.63) is 88.7 Å². The van der Waals surface area contributed by atoms with Gasteiger partial charge >= 0.3 is 5.76 Å². The van der Waals surface area contributed by atoms with Gasteiger partial charge in [-0.05, 0) is 54.4 Å². The Bertz CT molecular complexity index is 1130. The van der Waals surface area contributed by atoms with Crippen LogP contribution >= 0.6 is 0 Å². The third kappa shape index (κ3) is 3.82. The van der Waals surface area contributed by atoms with E-state index in [1.807, 2.05) is 54.6 Å². The highest BCUT2D eigenvalue weighted by molar-refractivity contribution is 5.73. The zero-order chi connectivity index (χ0) is 19.5. The van der Waals surface area contributed by atoms with Gasteiger partial charge < -0.3 is 14.5 Å². The van der Waals surface area contributed by atoms with Crippen LogP contribution in [0.3, 0.4) is 0 Å². The van der Waals surface area contributed by atoms with Crippen LogP contribution in [-0.2, 0) is 13.6 Å². The molecular formula is C22H21N3O3. The van der Waals surface area contributed by atoms with E-state index in [1.165, 1.54) is 4.57 Å². The normalized spacial score (nSPS) is 12.2. The Kier molecular flexibility index (Phi) is 4.95. The van der Waals surface area contributed by atoms with E-state index in [9.17, 15) is 4.79 Å². The highest BCUT2D eigenvalue weighted by atomic mass is 16.5. The fourth-order valence-corrected chi connectivity index (χ4v) is 3.05. The van der Waals surface area contributed by atoms with Crippen LogP contribution in [0.4, 0.5) is 0 Å². The lowest BCUT2D eigenvalue weighted by Crippen LogP contribution is -2.17. The van der Waals surface area contributed by atoms with E-state index in [0.29, 0.717) is 17.9 Å². The summed E-state index contributed by atoms with van der Waals surface area (Å²) in [6.07, 6.45) is 3.40. The van der Waals surface area contributed by atoms with E-state index in [4.69, 9.17) is 9.15 Å². The molecule has 4 rings (SSSR count). The van der Waals surface area contributed by atoms with Crippen molar-refractivity contribution in [3.8, 4) is 11.5 Å². The zero-order valence-corrected chi connectivity index (χ0v) is 15.8. The Hall–Kier alpha value is -3.38. The minimum atomic E-state index is -0.345. The molecule has 2 aromatic carbocycles. The fourth-order valence-electron chi connectivity index (χ4n) is 3.05. The van der Waals surface area contributed by atoms with Crippen molar-refractivity contribution >= 4 is 11.1 Å². The Morgan fingerprint density at radius 1 is 1.14 bits per heavy atom. The number of aromatic nitrogens is 2. The third-order valence-electron chi connectivity index (χ3n) is 4.72. The largest absolute Gasteiger partial charge is 0.456 e. The number of pyridine rings is 1. The van der Waals surface area contributed by atoms with Crippen molar-refractivity contribution in [1.29, 1.82) is 0 Å². The van der Waals surface area contributed by atoms with Crippen LogP contribution in [0, 0.1) is 0 Å². The van der Waals surface area contributed by atoms with Gasteiger partial charge in [0.15, 0.2) is 5.58 Å². The topological polar surface area (TPSA) is 69.3 Å². The predicted molar refractivity (Wildman–Crippen MR) is 107 cm³/mol. The molecule has 0 aliphatic heterocycles. The van der Waals surface area contributed by atoms with Gasteiger partial charge in [-0.25, -0.2) is 4.79 Å². The molecule has 1 unspecified atom stereocenters. The zero-order valence-electron chi connectivity index (χ0n) is 15.8. The number of benzene rings is 2. The Balaban J connectivity index is 1.39. The highest BCUT2D eigenvalue weighted by Gasteiger charge is 2.09. The molecule has 1 atom stereocenters. The molecule has 142 valence electrons. The second-order valence-electron chi connectivity index (χ2n) is 6.69. The van der Waals surface area contributed by atoms with Crippen LogP contribution < -0.4 is 15.8 Å². The minimum Gasteiger partial charge on any atom is -0.456 e. The average Bonchev–Trinajstić information content (AvgIpc) is 3.01. The molecule has 0 saturated carbocycles. The summed E-state index contributed by atoms with van der Waals surface area (Å²) >= 11 is 0. The quantitative estimate of drug-likeness (QED) is 0.548. The number of ether oxygens (including phenoxy) is 1. The van der Waals surface area contributed by atoms with Crippen LogP contribution in [0.1, 0.15) is 24.1 Å². The SMILES string of the molecule is CC(NCc1ccc2c(c1)oc(=O)n2C)c1ccc(Oc2cccnc2)cc1. The molecule has 1 N–H and O–H groups in total. The summed E-state index contributed by atoms with van der Waals surface area (Å²) in [7, 11) is 1.70. The number of hydrogen-bond acceptors (Lipinski definition) is 5. The summed E-state index contributed by atoms with van der Waals surface area (Å²) in [6, 6.07) is 17.7. The van der Waals surface area contributed by atoms with Gasteiger partial charge in [0.05, 0.1) is 11.7 Å². The molecule has 28 heavy (non-hydrogen) atoms. The van der Waals surface area contributed by atoms with Gasteiger partial charge in [-0.2, -0.15) is 0 Å². The summed E-state index contributed by atoms with van der Waals surface area (Å²) < 4.78 is 12.5. The number of nitrogens with zero attached hydrogens (tertiary/aromatic N) is 2. The summed E-state index contributed by atoms with van der Waals surface area (Å²) in [5.41, 5.74) is 3.62. The van der Waals surface area contributed by atoms with Crippen LogP contribution in [0.2, 0.25) is 0 Å². The van der Waals surface area contributed by atoms with Gasteiger partial charge in [0.1, 0.15) is 11.5 Å². The van der Waals surface area contributed by atoms with Crippen LogP contribution in [0.25, 0.3) is 11.1 Å². The van der Waals surface area contributed by atoms with Gasteiger partial charge in [-0.1, -0.05) is 18.2 Å². The first-order valence-electron chi connectivity index (χ1n) is 9.10. The maximum absolute atomic E-state index is 11.6. The molecule has 2 heterocycles. The van der Waals surface area contributed by atoms with Gasteiger partial charge in [0.2, 0.25) is 0 Å². The second kappa shape index (κ2) is 7.70. The average molecular weight is 375 g/mol. The van der Waals surface area contributed by atoms with Gasteiger partial charge in [0.25, 0.3) is 0 Å².